The highest BCUT2D eigenvalue weighted by molar-refractivity contribution is 5.97. The number of hydrogen-bond donors (Lipinski definition) is 2. The van der Waals surface area contributed by atoms with Gasteiger partial charge in [0.2, 0.25) is 5.43 Å². The number of carbonyl (C=O) groups is 1. The minimum absolute atomic E-state index is 0.0874. The Kier molecular flexibility index (Phi) is 4.29. The van der Waals surface area contributed by atoms with Gasteiger partial charge in [0.15, 0.2) is 11.6 Å². The Morgan fingerprint density at radius 1 is 1.39 bits per heavy atom. The number of pyridine rings is 1. The lowest BCUT2D eigenvalue weighted by Gasteiger charge is -2.24. The molecule has 7 nitrogen and oxygen atoms in total. The van der Waals surface area contributed by atoms with E-state index in [9.17, 15) is 19.1 Å². The highest BCUT2D eigenvalue weighted by Gasteiger charge is 2.41. The van der Waals surface area contributed by atoms with E-state index < -0.39 is 35.0 Å². The van der Waals surface area contributed by atoms with Gasteiger partial charge in [0, 0.05) is 31.7 Å². The van der Waals surface area contributed by atoms with Crippen LogP contribution in [0.2, 0.25) is 0 Å². The molecule has 0 unspecified atom stereocenters. The third kappa shape index (κ3) is 2.72. The molecule has 1 aliphatic carbocycles. The van der Waals surface area contributed by atoms with Gasteiger partial charge in [0.25, 0.3) is 0 Å². The summed E-state index contributed by atoms with van der Waals surface area (Å²) in [6, 6.07) is 0.256. The van der Waals surface area contributed by atoms with Gasteiger partial charge in [-0.15, -0.1) is 0 Å². The summed E-state index contributed by atoms with van der Waals surface area (Å²) in [6.45, 7) is 2.88. The maximum atomic E-state index is 15.1. The third-order valence-electron chi connectivity index (χ3n) is 5.66. The Balaban J connectivity index is 2.04. The van der Waals surface area contributed by atoms with Crippen molar-refractivity contribution in [3.8, 4) is 5.75 Å². The lowest BCUT2D eigenvalue weighted by atomic mass is 10.1. The topological polar surface area (TPSA) is 97.8 Å². The van der Waals surface area contributed by atoms with Crippen molar-refractivity contribution in [3.63, 3.8) is 0 Å². The summed E-state index contributed by atoms with van der Waals surface area (Å²) in [7, 11) is 1.34. The van der Waals surface area contributed by atoms with Crippen LogP contribution in [0.25, 0.3) is 10.9 Å². The highest BCUT2D eigenvalue weighted by atomic mass is 19.1. The number of carboxylic acid groups (broad SMARTS) is 1. The number of halogens is 2. The van der Waals surface area contributed by atoms with Crippen molar-refractivity contribution in [2.45, 2.75) is 31.6 Å². The number of nitrogens with zero attached hydrogens (tertiary/aromatic N) is 2. The quantitative estimate of drug-likeness (QED) is 0.824. The first-order valence-corrected chi connectivity index (χ1v) is 9.07. The molecule has 0 radical (unpaired) electrons. The van der Waals surface area contributed by atoms with Crippen LogP contribution in [0.1, 0.15) is 29.7 Å². The number of fused-ring (bicyclic) bond motifs is 1. The van der Waals surface area contributed by atoms with Gasteiger partial charge in [-0.3, -0.25) is 4.79 Å². The SMILES string of the molecule is COc1c(N2C[C@@H](C)[C@H](N)C2)c(F)cc2c(=O)c(C(=O)O)cn([C@@H]3C[C@@H]3F)c12. The summed E-state index contributed by atoms with van der Waals surface area (Å²) in [5.41, 5.74) is 5.07. The van der Waals surface area contributed by atoms with Crippen molar-refractivity contribution < 1.29 is 23.4 Å². The first kappa shape index (κ1) is 18.7. The van der Waals surface area contributed by atoms with E-state index in [2.05, 4.69) is 0 Å². The number of aromatic nitrogens is 1. The zero-order valence-corrected chi connectivity index (χ0v) is 15.5. The number of benzene rings is 1. The molecule has 1 saturated carbocycles. The fraction of sp³-hybridized carbons (Fsp3) is 0.474. The minimum atomic E-state index is -1.44. The molecule has 2 heterocycles. The monoisotopic (exact) mass is 393 g/mol. The van der Waals surface area contributed by atoms with Crippen molar-refractivity contribution in [1.82, 2.24) is 4.57 Å². The van der Waals surface area contributed by atoms with Crippen LogP contribution in [0.4, 0.5) is 14.5 Å². The first-order valence-electron chi connectivity index (χ1n) is 9.07. The van der Waals surface area contributed by atoms with E-state index in [1.807, 2.05) is 6.92 Å². The van der Waals surface area contributed by atoms with E-state index in [0.717, 1.165) is 12.3 Å². The molecule has 150 valence electrons. The summed E-state index contributed by atoms with van der Waals surface area (Å²) < 4.78 is 35.8. The van der Waals surface area contributed by atoms with Crippen molar-refractivity contribution in [1.29, 1.82) is 0 Å². The predicted octanol–water partition coefficient (Wildman–Crippen LogP) is 1.91. The van der Waals surface area contributed by atoms with Crippen molar-refractivity contribution in [2.24, 2.45) is 11.7 Å². The molecule has 0 amide bonds. The summed E-state index contributed by atoms with van der Waals surface area (Å²) in [5, 5.41) is 9.20. The summed E-state index contributed by atoms with van der Waals surface area (Å²) in [4.78, 5) is 25.9. The van der Waals surface area contributed by atoms with Crippen LogP contribution in [-0.2, 0) is 0 Å². The van der Waals surface area contributed by atoms with Crippen molar-refractivity contribution in [2.75, 3.05) is 25.1 Å². The van der Waals surface area contributed by atoms with E-state index in [-0.39, 0.29) is 40.7 Å². The van der Waals surface area contributed by atoms with Crippen molar-refractivity contribution in [3.05, 3.63) is 33.9 Å². The molecule has 9 heteroatoms. The Hall–Kier alpha value is -2.68. The Morgan fingerprint density at radius 3 is 2.57 bits per heavy atom. The van der Waals surface area contributed by atoms with Crippen LogP contribution < -0.4 is 20.8 Å². The number of alkyl halides is 1. The van der Waals surface area contributed by atoms with Crippen molar-refractivity contribution >= 4 is 22.6 Å². The average Bonchev–Trinajstić information content (AvgIpc) is 3.27. The number of carboxylic acids is 1. The summed E-state index contributed by atoms with van der Waals surface area (Å²) in [5.74, 6) is -1.93. The number of rotatable bonds is 4. The molecule has 1 saturated heterocycles. The van der Waals surface area contributed by atoms with E-state index in [1.54, 1.807) is 4.90 Å². The van der Waals surface area contributed by atoms with Gasteiger partial charge in [-0.05, 0) is 12.0 Å². The molecule has 0 spiro atoms. The lowest BCUT2D eigenvalue weighted by Crippen LogP contribution is -2.29. The second kappa shape index (κ2) is 6.44. The zero-order chi connectivity index (χ0) is 20.3. The van der Waals surface area contributed by atoms with Gasteiger partial charge in [0.1, 0.15) is 17.4 Å². The Labute approximate surface area is 159 Å². The largest absolute Gasteiger partial charge is 0.492 e. The molecule has 0 bridgehead atoms. The molecular weight excluding hydrogens is 372 g/mol. The minimum Gasteiger partial charge on any atom is -0.492 e. The molecule has 28 heavy (non-hydrogen) atoms. The molecule has 2 aromatic rings. The summed E-state index contributed by atoms with van der Waals surface area (Å²) >= 11 is 0. The summed E-state index contributed by atoms with van der Waals surface area (Å²) in [6.07, 6.45) is 0.156. The van der Waals surface area contributed by atoms with Gasteiger partial charge >= 0.3 is 5.97 Å². The van der Waals surface area contributed by atoms with E-state index >= 15 is 4.39 Å². The fourth-order valence-electron chi connectivity index (χ4n) is 3.96. The van der Waals surface area contributed by atoms with Crippen LogP contribution in [-0.4, -0.2) is 48.1 Å². The number of ether oxygens (including phenoxy) is 1. The van der Waals surface area contributed by atoms with Crippen LogP contribution in [0.5, 0.6) is 5.75 Å². The molecule has 1 aliphatic heterocycles. The van der Waals surface area contributed by atoms with Gasteiger partial charge < -0.3 is 25.0 Å². The standard InChI is InChI=1S/C19H21F2N3O4/c1-8-5-23(7-13(8)22)16-12(21)3-9-15(18(16)28-2)24(14-4-11(14)20)6-10(17(9)25)19(26)27/h3,6,8,11,13-14H,4-5,7,22H2,1-2H3,(H,26,27)/t8-,11+,13-,14-/m1/s1. The smallest absolute Gasteiger partial charge is 0.341 e. The van der Waals surface area contributed by atoms with Gasteiger partial charge in [0.05, 0.1) is 24.1 Å². The average molecular weight is 393 g/mol. The highest BCUT2D eigenvalue weighted by Crippen LogP contribution is 2.45. The molecule has 4 rings (SSSR count). The van der Waals surface area contributed by atoms with E-state index in [4.69, 9.17) is 10.5 Å². The van der Waals surface area contributed by atoms with Crippen LogP contribution in [0.3, 0.4) is 0 Å². The van der Waals surface area contributed by atoms with Gasteiger partial charge in [-0.1, -0.05) is 6.92 Å². The number of anilines is 1. The van der Waals surface area contributed by atoms with E-state index in [1.165, 1.54) is 11.7 Å². The molecule has 4 atom stereocenters. The molecule has 2 aliphatic rings. The maximum Gasteiger partial charge on any atom is 0.341 e. The van der Waals surface area contributed by atoms with Gasteiger partial charge in [-0.25, -0.2) is 13.6 Å². The van der Waals surface area contributed by atoms with Crippen LogP contribution >= 0.6 is 0 Å². The van der Waals surface area contributed by atoms with Gasteiger partial charge in [-0.2, -0.15) is 0 Å². The number of methoxy groups -OCH3 is 1. The third-order valence-corrected chi connectivity index (χ3v) is 5.66. The number of nitrogens with two attached hydrogens (primary N) is 1. The number of aromatic carboxylic acids is 1. The molecular formula is C19H21F2N3O4. The molecule has 2 fully saturated rings. The fourth-order valence-corrected chi connectivity index (χ4v) is 3.96. The van der Waals surface area contributed by atoms with Crippen LogP contribution in [0, 0.1) is 11.7 Å². The Bertz CT molecular complexity index is 1030. The molecule has 1 aromatic heterocycles. The lowest BCUT2D eigenvalue weighted by molar-refractivity contribution is 0.0694. The van der Waals surface area contributed by atoms with E-state index in [0.29, 0.717) is 13.1 Å². The number of hydrogen-bond acceptors (Lipinski definition) is 5. The maximum absolute atomic E-state index is 15.1. The normalized spacial score (nSPS) is 26.7. The second-order valence-corrected chi connectivity index (χ2v) is 7.59. The Morgan fingerprint density at radius 2 is 2.07 bits per heavy atom. The second-order valence-electron chi connectivity index (χ2n) is 7.59. The van der Waals surface area contributed by atoms with Crippen LogP contribution in [0.15, 0.2) is 17.1 Å². The molecule has 1 aromatic carbocycles. The predicted molar refractivity (Wildman–Crippen MR) is 99.6 cm³/mol. The zero-order valence-electron chi connectivity index (χ0n) is 15.5. The molecule has 3 N–H and O–H groups in total. The first-order chi connectivity index (χ1) is 13.2.